The summed E-state index contributed by atoms with van der Waals surface area (Å²) in [5, 5.41) is 3.19. The van der Waals surface area contributed by atoms with Crippen molar-refractivity contribution >= 4 is 0 Å². The molecule has 0 aliphatic heterocycles. The fraction of sp³-hybridized carbons (Fsp3) is 0.800. The highest BCUT2D eigenvalue weighted by Crippen LogP contribution is 2.24. The number of hydrogen-bond acceptors (Lipinski definition) is 2. The Kier molecular flexibility index (Phi) is 4.15. The summed E-state index contributed by atoms with van der Waals surface area (Å²) >= 11 is 0. The van der Waals surface area contributed by atoms with Gasteiger partial charge in [-0.15, -0.1) is 0 Å². The average molecular weight is 170 g/mol. The summed E-state index contributed by atoms with van der Waals surface area (Å²) in [6.45, 7) is 11.8. The molecule has 72 valence electrons. The predicted molar refractivity (Wildman–Crippen MR) is 54.6 cm³/mol. The van der Waals surface area contributed by atoms with Gasteiger partial charge in [-0.05, 0) is 24.3 Å². The Labute approximate surface area is 76.2 Å². The van der Waals surface area contributed by atoms with Crippen LogP contribution < -0.4 is 11.1 Å². The zero-order valence-corrected chi connectivity index (χ0v) is 8.94. The first-order valence-electron chi connectivity index (χ1n) is 4.56. The molecule has 0 aromatic heterocycles. The molecule has 0 aliphatic rings. The summed E-state index contributed by atoms with van der Waals surface area (Å²) in [4.78, 5) is 0. The van der Waals surface area contributed by atoms with E-state index in [9.17, 15) is 0 Å². The van der Waals surface area contributed by atoms with Crippen LogP contribution in [0.25, 0.3) is 0 Å². The van der Waals surface area contributed by atoms with E-state index in [-0.39, 0.29) is 0 Å². The van der Waals surface area contributed by atoms with Crippen molar-refractivity contribution < 1.29 is 0 Å². The van der Waals surface area contributed by atoms with Crippen LogP contribution in [0.1, 0.15) is 34.6 Å². The van der Waals surface area contributed by atoms with E-state index in [0.29, 0.717) is 11.3 Å². The zero-order valence-electron chi connectivity index (χ0n) is 8.94. The van der Waals surface area contributed by atoms with Crippen molar-refractivity contribution in [3.63, 3.8) is 0 Å². The average Bonchev–Trinajstić information content (AvgIpc) is 2.00. The van der Waals surface area contributed by atoms with Gasteiger partial charge in [0, 0.05) is 6.54 Å². The fourth-order valence-electron chi connectivity index (χ4n) is 0.636. The lowest BCUT2D eigenvalue weighted by Gasteiger charge is -2.29. The van der Waals surface area contributed by atoms with E-state index in [1.807, 2.05) is 13.0 Å². The molecule has 0 fully saturated rings. The third-order valence-electron chi connectivity index (χ3n) is 2.62. The SMILES string of the molecule is C/C=C(\N)NCC(C)(C)C(C)C. The maximum absolute atomic E-state index is 5.63. The molecule has 0 atom stereocenters. The first kappa shape index (κ1) is 11.3. The van der Waals surface area contributed by atoms with Crippen molar-refractivity contribution in [2.75, 3.05) is 6.54 Å². The van der Waals surface area contributed by atoms with Gasteiger partial charge in [-0.25, -0.2) is 0 Å². The van der Waals surface area contributed by atoms with Gasteiger partial charge in [-0.3, -0.25) is 0 Å². The van der Waals surface area contributed by atoms with Gasteiger partial charge in [0.05, 0.1) is 5.82 Å². The van der Waals surface area contributed by atoms with Crippen LogP contribution in [0.15, 0.2) is 11.9 Å². The van der Waals surface area contributed by atoms with Crippen molar-refractivity contribution in [3.8, 4) is 0 Å². The zero-order chi connectivity index (χ0) is 9.78. The molecule has 0 aromatic rings. The molecule has 0 unspecified atom stereocenters. The Morgan fingerprint density at radius 2 is 2.00 bits per heavy atom. The van der Waals surface area contributed by atoms with Crippen LogP contribution in [0.2, 0.25) is 0 Å². The number of nitrogens with two attached hydrogens (primary N) is 1. The van der Waals surface area contributed by atoms with Gasteiger partial charge in [0.25, 0.3) is 0 Å². The summed E-state index contributed by atoms with van der Waals surface area (Å²) in [5.41, 5.74) is 5.93. The lowest BCUT2D eigenvalue weighted by atomic mass is 9.81. The molecule has 0 radical (unpaired) electrons. The Morgan fingerprint density at radius 3 is 2.33 bits per heavy atom. The molecular formula is C10H22N2. The maximum Gasteiger partial charge on any atom is 0.0916 e. The fourth-order valence-corrected chi connectivity index (χ4v) is 0.636. The summed E-state index contributed by atoms with van der Waals surface area (Å²) in [6.07, 6.45) is 1.89. The smallest absolute Gasteiger partial charge is 0.0916 e. The Bertz CT molecular complexity index is 157. The number of hydrogen-bond donors (Lipinski definition) is 2. The van der Waals surface area contributed by atoms with Gasteiger partial charge in [0.1, 0.15) is 0 Å². The minimum absolute atomic E-state index is 0.299. The minimum Gasteiger partial charge on any atom is -0.386 e. The van der Waals surface area contributed by atoms with E-state index in [0.717, 1.165) is 12.4 Å². The van der Waals surface area contributed by atoms with Crippen molar-refractivity contribution in [1.29, 1.82) is 0 Å². The van der Waals surface area contributed by atoms with E-state index in [2.05, 4.69) is 33.0 Å². The van der Waals surface area contributed by atoms with E-state index in [1.165, 1.54) is 0 Å². The largest absolute Gasteiger partial charge is 0.386 e. The summed E-state index contributed by atoms with van der Waals surface area (Å²) in [6, 6.07) is 0. The second kappa shape index (κ2) is 4.39. The second-order valence-corrected chi connectivity index (χ2v) is 4.24. The van der Waals surface area contributed by atoms with Gasteiger partial charge >= 0.3 is 0 Å². The molecule has 3 N–H and O–H groups in total. The molecule has 12 heavy (non-hydrogen) atoms. The van der Waals surface area contributed by atoms with Crippen molar-refractivity contribution in [2.45, 2.75) is 34.6 Å². The topological polar surface area (TPSA) is 38.0 Å². The molecule has 2 heteroatoms. The van der Waals surface area contributed by atoms with Crippen LogP contribution in [0.3, 0.4) is 0 Å². The van der Waals surface area contributed by atoms with Gasteiger partial charge in [0.15, 0.2) is 0 Å². The standard InChI is InChI=1S/C10H22N2/c1-6-9(11)12-7-10(4,5)8(2)3/h6,8,12H,7,11H2,1-5H3/b9-6+. The Balaban J connectivity index is 3.92. The second-order valence-electron chi connectivity index (χ2n) is 4.24. The summed E-state index contributed by atoms with van der Waals surface area (Å²) in [5.74, 6) is 1.43. The number of allylic oxidation sites excluding steroid dienone is 1. The molecule has 0 bridgehead atoms. The van der Waals surface area contributed by atoms with Crippen LogP contribution in [0.4, 0.5) is 0 Å². The molecule has 0 rings (SSSR count). The molecule has 0 aromatic carbocycles. The number of nitrogens with one attached hydrogen (secondary N) is 1. The van der Waals surface area contributed by atoms with Crippen LogP contribution >= 0.6 is 0 Å². The van der Waals surface area contributed by atoms with Crippen LogP contribution in [-0.2, 0) is 0 Å². The monoisotopic (exact) mass is 170 g/mol. The quantitative estimate of drug-likeness (QED) is 0.678. The van der Waals surface area contributed by atoms with E-state index in [4.69, 9.17) is 5.73 Å². The first-order valence-corrected chi connectivity index (χ1v) is 4.56. The molecule has 0 aliphatic carbocycles. The Hall–Kier alpha value is -0.660. The molecule has 2 nitrogen and oxygen atoms in total. The lowest BCUT2D eigenvalue weighted by Crippen LogP contribution is -2.35. The van der Waals surface area contributed by atoms with E-state index >= 15 is 0 Å². The van der Waals surface area contributed by atoms with E-state index < -0.39 is 0 Å². The third-order valence-corrected chi connectivity index (χ3v) is 2.62. The predicted octanol–water partition coefficient (Wildman–Crippen LogP) is 2.08. The van der Waals surface area contributed by atoms with Gasteiger partial charge in [0.2, 0.25) is 0 Å². The normalized spacial score (nSPS) is 13.7. The van der Waals surface area contributed by atoms with E-state index in [1.54, 1.807) is 0 Å². The van der Waals surface area contributed by atoms with Crippen LogP contribution in [0, 0.1) is 11.3 Å². The van der Waals surface area contributed by atoms with Crippen LogP contribution in [-0.4, -0.2) is 6.54 Å². The van der Waals surface area contributed by atoms with Crippen molar-refractivity contribution in [3.05, 3.63) is 11.9 Å². The maximum atomic E-state index is 5.63. The summed E-state index contributed by atoms with van der Waals surface area (Å²) < 4.78 is 0. The van der Waals surface area contributed by atoms with Gasteiger partial charge in [-0.2, -0.15) is 0 Å². The molecule has 0 saturated heterocycles. The molecular weight excluding hydrogens is 148 g/mol. The summed E-state index contributed by atoms with van der Waals surface area (Å²) in [7, 11) is 0. The van der Waals surface area contributed by atoms with Gasteiger partial charge in [-0.1, -0.05) is 27.7 Å². The minimum atomic E-state index is 0.299. The highest BCUT2D eigenvalue weighted by molar-refractivity contribution is 4.92. The Morgan fingerprint density at radius 1 is 1.50 bits per heavy atom. The highest BCUT2D eigenvalue weighted by atomic mass is 15.0. The molecule has 0 saturated carbocycles. The van der Waals surface area contributed by atoms with Crippen molar-refractivity contribution in [1.82, 2.24) is 5.32 Å². The highest BCUT2D eigenvalue weighted by Gasteiger charge is 2.21. The molecule has 0 spiro atoms. The third kappa shape index (κ3) is 3.65. The molecule has 0 heterocycles. The first-order chi connectivity index (χ1) is 5.40. The number of rotatable bonds is 4. The van der Waals surface area contributed by atoms with Crippen molar-refractivity contribution in [2.24, 2.45) is 17.1 Å². The van der Waals surface area contributed by atoms with Gasteiger partial charge < -0.3 is 11.1 Å². The lowest BCUT2D eigenvalue weighted by molar-refractivity contribution is 0.245. The van der Waals surface area contributed by atoms with Crippen LogP contribution in [0.5, 0.6) is 0 Å². The molecule has 0 amide bonds.